The van der Waals surface area contributed by atoms with Gasteiger partial charge in [-0.3, -0.25) is 0 Å². The Bertz CT molecular complexity index is 559. The largest absolute Gasteiger partial charge is 0.477 e. The third-order valence-electron chi connectivity index (χ3n) is 2.18. The number of carboxylic acid groups (broad SMARTS) is 1. The summed E-state index contributed by atoms with van der Waals surface area (Å²) in [7, 11) is -3.49. The van der Waals surface area contributed by atoms with Gasteiger partial charge in [0.15, 0.2) is 0 Å². The molecule has 0 spiro atoms. The van der Waals surface area contributed by atoms with Crippen molar-refractivity contribution in [2.45, 2.75) is 12.7 Å². The topological polar surface area (TPSA) is 76.4 Å². The van der Waals surface area contributed by atoms with Crippen LogP contribution in [0.25, 0.3) is 0 Å². The zero-order valence-corrected chi connectivity index (χ0v) is 10.0. The summed E-state index contributed by atoms with van der Waals surface area (Å²) in [4.78, 5) is 10.7. The number of hydrogen-bond acceptors (Lipinski definition) is 3. The van der Waals surface area contributed by atoms with Crippen molar-refractivity contribution < 1.29 is 31.5 Å². The summed E-state index contributed by atoms with van der Waals surface area (Å²) in [6, 6.07) is 1.42. The lowest BCUT2D eigenvalue weighted by molar-refractivity contribution is -0.143. The van der Waals surface area contributed by atoms with Crippen LogP contribution in [0.3, 0.4) is 0 Å². The first-order valence-corrected chi connectivity index (χ1v) is 6.76. The fraction of sp³-hybridized carbons (Fsp3) is 0.444. The Morgan fingerprint density at radius 2 is 1.94 bits per heavy atom. The maximum atomic E-state index is 12.6. The summed E-state index contributed by atoms with van der Waals surface area (Å²) >= 11 is 0. The molecule has 0 aromatic carbocycles. The zero-order chi connectivity index (χ0) is 14.1. The molecule has 1 aromatic heterocycles. The first-order chi connectivity index (χ1) is 8.02. The summed E-state index contributed by atoms with van der Waals surface area (Å²) in [6.07, 6.45) is -3.87. The number of nitrogens with zero attached hydrogens (tertiary/aromatic N) is 1. The molecule has 0 unspecified atom stereocenters. The van der Waals surface area contributed by atoms with Gasteiger partial charge in [-0.25, -0.2) is 13.2 Å². The highest BCUT2D eigenvalue weighted by atomic mass is 32.2. The monoisotopic (exact) mass is 285 g/mol. The average molecular weight is 285 g/mol. The molecule has 18 heavy (non-hydrogen) atoms. The van der Waals surface area contributed by atoms with E-state index in [1.807, 2.05) is 0 Å². The fourth-order valence-corrected chi connectivity index (χ4v) is 1.91. The van der Waals surface area contributed by atoms with Crippen LogP contribution in [0.5, 0.6) is 0 Å². The van der Waals surface area contributed by atoms with E-state index in [0.29, 0.717) is 10.6 Å². The van der Waals surface area contributed by atoms with E-state index in [0.717, 1.165) is 12.3 Å². The summed E-state index contributed by atoms with van der Waals surface area (Å²) in [5, 5.41) is 8.74. The van der Waals surface area contributed by atoms with E-state index in [9.17, 15) is 26.4 Å². The summed E-state index contributed by atoms with van der Waals surface area (Å²) < 4.78 is 60.0. The molecule has 0 radical (unpaired) electrons. The summed E-state index contributed by atoms with van der Waals surface area (Å²) in [6.45, 7) is -0.553. The Morgan fingerprint density at radius 3 is 2.33 bits per heavy atom. The molecule has 5 nitrogen and oxygen atoms in total. The van der Waals surface area contributed by atoms with E-state index in [1.54, 1.807) is 0 Å². The van der Waals surface area contributed by atoms with Gasteiger partial charge >= 0.3 is 12.1 Å². The second-order valence-electron chi connectivity index (χ2n) is 3.69. The molecule has 0 saturated heterocycles. The van der Waals surface area contributed by atoms with Crippen molar-refractivity contribution >= 4 is 15.8 Å². The van der Waals surface area contributed by atoms with Gasteiger partial charge in [0.2, 0.25) is 0 Å². The number of hydrogen-bond donors (Lipinski definition) is 1. The number of alkyl halides is 3. The summed E-state index contributed by atoms with van der Waals surface area (Å²) in [5.41, 5.74) is -1.77. The van der Waals surface area contributed by atoms with Gasteiger partial charge in [0, 0.05) is 12.8 Å². The molecule has 0 aliphatic rings. The second-order valence-corrected chi connectivity index (χ2v) is 5.95. The highest BCUT2D eigenvalue weighted by Crippen LogP contribution is 2.31. The Hall–Kier alpha value is -1.51. The predicted octanol–water partition coefficient (Wildman–Crippen LogP) is 1.25. The fourth-order valence-electron chi connectivity index (χ4n) is 1.40. The molecule has 0 bridgehead atoms. The lowest BCUT2D eigenvalue weighted by atomic mass is 10.4. The van der Waals surface area contributed by atoms with E-state index in [2.05, 4.69) is 0 Å². The number of aromatic nitrogens is 1. The number of carbonyl (C=O) groups is 1. The Labute approximate surface area is 101 Å². The van der Waals surface area contributed by atoms with Gasteiger partial charge in [-0.2, -0.15) is 13.2 Å². The van der Waals surface area contributed by atoms with Gasteiger partial charge in [-0.05, 0) is 12.1 Å². The molecule has 1 heterocycles. The molecule has 1 rings (SSSR count). The van der Waals surface area contributed by atoms with Crippen LogP contribution in [0, 0.1) is 0 Å². The molecule has 0 aliphatic carbocycles. The van der Waals surface area contributed by atoms with Crippen molar-refractivity contribution in [3.63, 3.8) is 0 Å². The molecule has 0 amide bonds. The molecule has 1 N–H and O–H groups in total. The molecule has 0 atom stereocenters. The molecule has 1 aromatic rings. The van der Waals surface area contributed by atoms with E-state index in [-0.39, 0.29) is 0 Å². The highest BCUT2D eigenvalue weighted by Gasteiger charge is 2.36. The number of halogens is 3. The SMILES string of the molecule is CS(=O)(=O)CCn1c(C(=O)O)ccc1C(F)(F)F. The molecular weight excluding hydrogens is 275 g/mol. The van der Waals surface area contributed by atoms with Crippen LogP contribution in [0.1, 0.15) is 16.2 Å². The lowest BCUT2D eigenvalue weighted by Crippen LogP contribution is -2.21. The minimum absolute atomic E-state index is 0.448. The predicted molar refractivity (Wildman–Crippen MR) is 56.1 cm³/mol. The molecule has 102 valence electrons. The van der Waals surface area contributed by atoms with Crippen LogP contribution in [-0.4, -0.2) is 36.1 Å². The number of carboxylic acids is 1. The quantitative estimate of drug-likeness (QED) is 0.903. The molecule has 9 heteroatoms. The van der Waals surface area contributed by atoms with Gasteiger partial charge in [0.1, 0.15) is 21.2 Å². The van der Waals surface area contributed by atoms with Gasteiger partial charge in [-0.15, -0.1) is 0 Å². The van der Waals surface area contributed by atoms with Crippen molar-refractivity contribution in [3.05, 3.63) is 23.5 Å². The molecule has 0 aliphatic heterocycles. The zero-order valence-electron chi connectivity index (χ0n) is 9.23. The second kappa shape index (κ2) is 4.63. The van der Waals surface area contributed by atoms with Crippen LogP contribution >= 0.6 is 0 Å². The third-order valence-corrected chi connectivity index (χ3v) is 3.10. The van der Waals surface area contributed by atoms with Crippen molar-refractivity contribution in [2.75, 3.05) is 12.0 Å². The number of aromatic carboxylic acids is 1. The van der Waals surface area contributed by atoms with E-state index < -0.39 is 45.7 Å². The van der Waals surface area contributed by atoms with Crippen LogP contribution in [0.4, 0.5) is 13.2 Å². The third kappa shape index (κ3) is 3.49. The first-order valence-electron chi connectivity index (χ1n) is 4.70. The van der Waals surface area contributed by atoms with E-state index >= 15 is 0 Å². The Balaban J connectivity index is 3.20. The van der Waals surface area contributed by atoms with Crippen molar-refractivity contribution in [2.24, 2.45) is 0 Å². The molecular formula is C9H10F3NO4S. The Morgan fingerprint density at radius 1 is 1.39 bits per heavy atom. The maximum Gasteiger partial charge on any atom is 0.431 e. The number of rotatable bonds is 4. The van der Waals surface area contributed by atoms with Gasteiger partial charge in [-0.1, -0.05) is 0 Å². The minimum Gasteiger partial charge on any atom is -0.477 e. The first kappa shape index (κ1) is 14.6. The van der Waals surface area contributed by atoms with Crippen molar-refractivity contribution in [3.8, 4) is 0 Å². The lowest BCUT2D eigenvalue weighted by Gasteiger charge is -2.13. The highest BCUT2D eigenvalue weighted by molar-refractivity contribution is 7.90. The summed E-state index contributed by atoms with van der Waals surface area (Å²) in [5.74, 6) is -2.11. The Kier molecular flexibility index (Phi) is 3.75. The van der Waals surface area contributed by atoms with Crippen LogP contribution < -0.4 is 0 Å². The average Bonchev–Trinajstić information content (AvgIpc) is 2.55. The normalized spacial score (nSPS) is 12.7. The van der Waals surface area contributed by atoms with Gasteiger partial charge in [0.05, 0.1) is 5.75 Å². The van der Waals surface area contributed by atoms with E-state index in [1.165, 1.54) is 0 Å². The van der Waals surface area contributed by atoms with Gasteiger partial charge in [0.25, 0.3) is 0 Å². The van der Waals surface area contributed by atoms with Crippen LogP contribution in [0.15, 0.2) is 12.1 Å². The number of sulfone groups is 1. The minimum atomic E-state index is -4.73. The van der Waals surface area contributed by atoms with Gasteiger partial charge < -0.3 is 9.67 Å². The standard InChI is InChI=1S/C9H10F3NO4S/c1-18(16,17)5-4-13-6(8(14)15)2-3-7(13)9(10,11)12/h2-3H,4-5H2,1H3,(H,14,15). The van der Waals surface area contributed by atoms with E-state index in [4.69, 9.17) is 5.11 Å². The van der Waals surface area contributed by atoms with Crippen LogP contribution in [0.2, 0.25) is 0 Å². The maximum absolute atomic E-state index is 12.6. The smallest absolute Gasteiger partial charge is 0.431 e. The van der Waals surface area contributed by atoms with Crippen LogP contribution in [-0.2, 0) is 22.6 Å². The molecule has 0 fully saturated rings. The molecule has 0 saturated carbocycles. The van der Waals surface area contributed by atoms with Crippen molar-refractivity contribution in [1.29, 1.82) is 0 Å². The van der Waals surface area contributed by atoms with Crippen molar-refractivity contribution in [1.82, 2.24) is 4.57 Å².